The highest BCUT2D eigenvalue weighted by atomic mass is 35.5. The molecule has 0 radical (unpaired) electrons. The number of piperidine rings is 1. The Kier molecular flexibility index (Phi) is 5.76. The van der Waals surface area contributed by atoms with E-state index in [2.05, 4.69) is 60.2 Å². The first-order chi connectivity index (χ1) is 13.0. The van der Waals surface area contributed by atoms with E-state index >= 15 is 0 Å². The van der Waals surface area contributed by atoms with Crippen LogP contribution in [0.4, 0.5) is 21.8 Å². The third-order valence-corrected chi connectivity index (χ3v) is 5.95. The van der Waals surface area contributed by atoms with Gasteiger partial charge in [-0.2, -0.15) is 4.98 Å². The molecular weight excluding hydrogens is 400 g/mol. The molecule has 8 heteroatoms. The number of halogens is 3. The van der Waals surface area contributed by atoms with Crippen LogP contribution in [-0.2, 0) is 0 Å². The normalized spacial score (nSPS) is 19.4. The number of likely N-dealkylation sites (tertiary alicyclic amines) is 1. The first-order valence-corrected chi connectivity index (χ1v) is 9.98. The average molecular weight is 426 g/mol. The van der Waals surface area contributed by atoms with E-state index in [1.54, 1.807) is 18.2 Å². The molecule has 0 spiro atoms. The van der Waals surface area contributed by atoms with Crippen LogP contribution < -0.4 is 10.6 Å². The Bertz CT molecular complexity index is 833. The second kappa shape index (κ2) is 7.65. The third-order valence-electron chi connectivity index (χ3n) is 5.51. The van der Waals surface area contributed by atoms with Gasteiger partial charge in [-0.25, -0.2) is 9.37 Å². The number of rotatable bonds is 4. The van der Waals surface area contributed by atoms with Gasteiger partial charge in [0.05, 0.1) is 6.20 Å². The van der Waals surface area contributed by atoms with Crippen LogP contribution in [-0.4, -0.2) is 39.0 Å². The summed E-state index contributed by atoms with van der Waals surface area (Å²) in [5, 5.41) is 7.29. The number of aromatic nitrogens is 2. The van der Waals surface area contributed by atoms with E-state index in [0.29, 0.717) is 15.7 Å². The standard InChI is InChI=1S/C20H26Cl2FN5/c1-19(2)9-15(10-20(3,4)28(19)5)25-17-16(23)11-24-18(27-17)26-14-7-12(21)6-13(22)8-14/h6-8,11,15H,9-10H2,1-5H3,(H2,24,25,26,27). The fourth-order valence-electron chi connectivity index (χ4n) is 3.95. The number of anilines is 3. The molecule has 1 aromatic heterocycles. The predicted octanol–water partition coefficient (Wildman–Crippen LogP) is 5.73. The van der Waals surface area contributed by atoms with Gasteiger partial charge in [-0.1, -0.05) is 23.2 Å². The van der Waals surface area contributed by atoms with Crippen LogP contribution in [0.1, 0.15) is 40.5 Å². The van der Waals surface area contributed by atoms with Crippen molar-refractivity contribution in [2.75, 3.05) is 17.7 Å². The molecular formula is C20H26Cl2FN5. The molecule has 1 aliphatic rings. The lowest BCUT2D eigenvalue weighted by Crippen LogP contribution is -2.61. The maximum absolute atomic E-state index is 14.4. The monoisotopic (exact) mass is 425 g/mol. The van der Waals surface area contributed by atoms with Gasteiger partial charge in [0.15, 0.2) is 11.6 Å². The van der Waals surface area contributed by atoms with Crippen molar-refractivity contribution in [2.45, 2.75) is 57.7 Å². The van der Waals surface area contributed by atoms with Crippen molar-refractivity contribution in [1.82, 2.24) is 14.9 Å². The second-order valence-corrected chi connectivity index (χ2v) is 9.48. The lowest BCUT2D eigenvalue weighted by Gasteiger charge is -2.53. The van der Waals surface area contributed by atoms with Crippen LogP contribution >= 0.6 is 23.2 Å². The molecule has 5 nitrogen and oxygen atoms in total. The summed E-state index contributed by atoms with van der Waals surface area (Å²) in [4.78, 5) is 10.7. The Labute approximate surface area is 175 Å². The summed E-state index contributed by atoms with van der Waals surface area (Å²) < 4.78 is 14.4. The molecule has 1 saturated heterocycles. The Morgan fingerprint density at radius 2 is 1.64 bits per heavy atom. The summed E-state index contributed by atoms with van der Waals surface area (Å²) in [7, 11) is 2.14. The van der Waals surface area contributed by atoms with Crippen LogP contribution in [0.5, 0.6) is 0 Å². The Balaban J connectivity index is 1.80. The van der Waals surface area contributed by atoms with E-state index in [0.717, 1.165) is 19.0 Å². The molecule has 0 bridgehead atoms. The highest BCUT2D eigenvalue weighted by molar-refractivity contribution is 6.35. The molecule has 0 unspecified atom stereocenters. The van der Waals surface area contributed by atoms with E-state index < -0.39 is 5.82 Å². The van der Waals surface area contributed by atoms with Crippen molar-refractivity contribution in [2.24, 2.45) is 0 Å². The quantitative estimate of drug-likeness (QED) is 0.654. The summed E-state index contributed by atoms with van der Waals surface area (Å²) in [6.07, 6.45) is 2.92. The Hall–Kier alpha value is -1.63. The minimum Gasteiger partial charge on any atom is -0.365 e. The van der Waals surface area contributed by atoms with Crippen LogP contribution in [0.3, 0.4) is 0 Å². The number of nitrogens with zero attached hydrogens (tertiary/aromatic N) is 3. The number of hydrogen-bond donors (Lipinski definition) is 2. The molecule has 2 heterocycles. The molecule has 0 atom stereocenters. The van der Waals surface area contributed by atoms with Crippen LogP contribution in [0.25, 0.3) is 0 Å². The highest BCUT2D eigenvalue weighted by Gasteiger charge is 2.43. The molecule has 0 saturated carbocycles. The van der Waals surface area contributed by atoms with E-state index in [9.17, 15) is 4.39 Å². The first-order valence-electron chi connectivity index (χ1n) is 9.22. The SMILES string of the molecule is CN1C(C)(C)CC(Nc2nc(Nc3cc(Cl)cc(Cl)c3)ncc2F)CC1(C)C. The molecule has 28 heavy (non-hydrogen) atoms. The molecule has 3 rings (SSSR count). The zero-order valence-electron chi connectivity index (χ0n) is 16.8. The summed E-state index contributed by atoms with van der Waals surface area (Å²) >= 11 is 12.1. The average Bonchev–Trinajstić information content (AvgIpc) is 2.54. The van der Waals surface area contributed by atoms with Gasteiger partial charge in [0.25, 0.3) is 0 Å². The maximum atomic E-state index is 14.4. The molecule has 2 aromatic rings. The third kappa shape index (κ3) is 4.67. The topological polar surface area (TPSA) is 53.1 Å². The van der Waals surface area contributed by atoms with Crippen molar-refractivity contribution in [1.29, 1.82) is 0 Å². The smallest absolute Gasteiger partial charge is 0.229 e. The van der Waals surface area contributed by atoms with E-state index in [1.807, 2.05) is 0 Å². The molecule has 152 valence electrons. The van der Waals surface area contributed by atoms with Gasteiger partial charge >= 0.3 is 0 Å². The number of nitrogens with one attached hydrogen (secondary N) is 2. The van der Waals surface area contributed by atoms with Gasteiger partial charge in [-0.15, -0.1) is 0 Å². The van der Waals surface area contributed by atoms with Crippen molar-refractivity contribution >= 4 is 40.7 Å². The fourth-order valence-corrected chi connectivity index (χ4v) is 4.48. The van der Waals surface area contributed by atoms with Crippen molar-refractivity contribution < 1.29 is 4.39 Å². The van der Waals surface area contributed by atoms with Crippen LogP contribution in [0, 0.1) is 5.82 Å². The van der Waals surface area contributed by atoms with Gasteiger partial charge in [-0.3, -0.25) is 4.90 Å². The zero-order chi connectivity index (χ0) is 20.7. The van der Waals surface area contributed by atoms with Crippen molar-refractivity contribution in [3.63, 3.8) is 0 Å². The summed E-state index contributed by atoms with van der Waals surface area (Å²) in [5.41, 5.74) is 0.611. The van der Waals surface area contributed by atoms with Gasteiger partial charge in [-0.05, 0) is 65.8 Å². The van der Waals surface area contributed by atoms with Crippen molar-refractivity contribution in [3.8, 4) is 0 Å². The lowest BCUT2D eigenvalue weighted by atomic mass is 9.77. The number of benzene rings is 1. The van der Waals surface area contributed by atoms with Gasteiger partial charge in [0.2, 0.25) is 5.95 Å². The van der Waals surface area contributed by atoms with Crippen molar-refractivity contribution in [3.05, 3.63) is 40.3 Å². The first kappa shape index (κ1) is 21.1. The summed E-state index contributed by atoms with van der Waals surface area (Å²) in [6, 6.07) is 5.14. The van der Waals surface area contributed by atoms with Gasteiger partial charge in [0, 0.05) is 32.9 Å². The highest BCUT2D eigenvalue weighted by Crippen LogP contribution is 2.38. The van der Waals surface area contributed by atoms with Crippen LogP contribution in [0.2, 0.25) is 10.0 Å². The summed E-state index contributed by atoms with van der Waals surface area (Å²) in [5.74, 6) is -0.0234. The van der Waals surface area contributed by atoms with Gasteiger partial charge < -0.3 is 10.6 Å². The molecule has 2 N–H and O–H groups in total. The minimum absolute atomic E-state index is 0.0124. The molecule has 1 aliphatic heterocycles. The molecule has 0 aliphatic carbocycles. The van der Waals surface area contributed by atoms with Crippen LogP contribution in [0.15, 0.2) is 24.4 Å². The maximum Gasteiger partial charge on any atom is 0.229 e. The fraction of sp³-hybridized carbons (Fsp3) is 0.500. The lowest BCUT2D eigenvalue weighted by molar-refractivity contribution is -0.00778. The second-order valence-electron chi connectivity index (χ2n) is 8.61. The number of hydrogen-bond acceptors (Lipinski definition) is 5. The van der Waals surface area contributed by atoms with E-state index in [4.69, 9.17) is 23.2 Å². The largest absolute Gasteiger partial charge is 0.365 e. The summed E-state index contributed by atoms with van der Waals surface area (Å²) in [6.45, 7) is 8.81. The molecule has 1 aromatic carbocycles. The predicted molar refractivity (Wildman–Crippen MR) is 114 cm³/mol. The Morgan fingerprint density at radius 3 is 2.21 bits per heavy atom. The van der Waals surface area contributed by atoms with E-state index in [1.165, 1.54) is 0 Å². The molecule has 1 fully saturated rings. The van der Waals surface area contributed by atoms with Gasteiger partial charge in [0.1, 0.15) is 0 Å². The molecule has 0 amide bonds. The zero-order valence-corrected chi connectivity index (χ0v) is 18.3. The van der Waals surface area contributed by atoms with E-state index in [-0.39, 0.29) is 28.9 Å². The minimum atomic E-state index is -0.482. The Morgan fingerprint density at radius 1 is 1.07 bits per heavy atom.